The molecule has 1 fully saturated rings. The minimum absolute atomic E-state index is 0.139. The summed E-state index contributed by atoms with van der Waals surface area (Å²) in [6.45, 7) is 5.43. The van der Waals surface area contributed by atoms with Gasteiger partial charge >= 0.3 is 0 Å². The van der Waals surface area contributed by atoms with E-state index >= 15 is 0 Å². The molecule has 0 aliphatic carbocycles. The van der Waals surface area contributed by atoms with Crippen LogP contribution in [0.1, 0.15) is 22.1 Å². The minimum atomic E-state index is -0.392. The van der Waals surface area contributed by atoms with Crippen LogP contribution in [0.2, 0.25) is 0 Å². The molecule has 2 aromatic rings. The fourth-order valence-electron chi connectivity index (χ4n) is 2.57. The molecule has 0 radical (unpaired) electrons. The van der Waals surface area contributed by atoms with Gasteiger partial charge < -0.3 is 14.2 Å². The van der Waals surface area contributed by atoms with Crippen LogP contribution in [0.3, 0.4) is 0 Å². The highest BCUT2D eigenvalue weighted by atomic mass is 19.1. The van der Waals surface area contributed by atoms with Crippen molar-refractivity contribution in [1.29, 1.82) is 0 Å². The molecule has 0 bridgehead atoms. The number of hydrogen-bond donors (Lipinski definition) is 0. The summed E-state index contributed by atoms with van der Waals surface area (Å²) in [6, 6.07) is 3.33. The number of amides is 1. The van der Waals surface area contributed by atoms with Crippen molar-refractivity contribution in [3.8, 4) is 0 Å². The summed E-state index contributed by atoms with van der Waals surface area (Å²) in [4.78, 5) is 24.0. The van der Waals surface area contributed by atoms with Gasteiger partial charge in [-0.25, -0.2) is 14.4 Å². The summed E-state index contributed by atoms with van der Waals surface area (Å²) in [5.74, 6) is 0.656. The summed E-state index contributed by atoms with van der Waals surface area (Å²) in [5, 5.41) is 0. The summed E-state index contributed by atoms with van der Waals surface area (Å²) in [5.41, 5.74) is 0.344. The van der Waals surface area contributed by atoms with Crippen molar-refractivity contribution in [3.63, 3.8) is 0 Å². The molecule has 0 unspecified atom stereocenters. The van der Waals surface area contributed by atoms with E-state index in [9.17, 15) is 9.18 Å². The van der Waals surface area contributed by atoms with Crippen LogP contribution in [0.4, 0.5) is 10.2 Å². The normalized spacial score (nSPS) is 15.2. The fraction of sp³-hybridized carbons (Fsp3) is 0.400. The molecule has 0 atom stereocenters. The second-order valence-corrected chi connectivity index (χ2v) is 5.25. The van der Waals surface area contributed by atoms with E-state index in [1.165, 1.54) is 6.26 Å². The van der Waals surface area contributed by atoms with Crippen LogP contribution in [0.15, 0.2) is 22.8 Å². The van der Waals surface area contributed by atoms with Gasteiger partial charge in [-0.3, -0.25) is 4.79 Å². The molecule has 1 amide bonds. The smallest absolute Gasteiger partial charge is 0.289 e. The number of carbonyl (C=O) groups is 1. The summed E-state index contributed by atoms with van der Waals surface area (Å²) >= 11 is 0. The molecule has 0 spiro atoms. The molecule has 1 aliphatic rings. The molecule has 7 heteroatoms. The van der Waals surface area contributed by atoms with Crippen LogP contribution in [0.5, 0.6) is 0 Å². The molecule has 0 saturated carbocycles. The zero-order valence-corrected chi connectivity index (χ0v) is 12.5. The number of halogens is 1. The van der Waals surface area contributed by atoms with E-state index in [-0.39, 0.29) is 5.91 Å². The Morgan fingerprint density at radius 3 is 2.59 bits per heavy atom. The molecule has 116 valence electrons. The number of anilines is 1. The predicted molar refractivity (Wildman–Crippen MR) is 78.3 cm³/mol. The number of carbonyl (C=O) groups excluding carboxylic acids is 1. The Hall–Kier alpha value is -2.44. The molecule has 0 N–H and O–H groups in total. The van der Waals surface area contributed by atoms with Crippen LogP contribution < -0.4 is 4.90 Å². The maximum atomic E-state index is 14.2. The molecule has 2 aromatic heterocycles. The van der Waals surface area contributed by atoms with E-state index in [1.807, 2.05) is 4.90 Å². The maximum absolute atomic E-state index is 14.2. The molecular formula is C15H17FN4O2. The highest BCUT2D eigenvalue weighted by molar-refractivity contribution is 5.91. The lowest BCUT2D eigenvalue weighted by Gasteiger charge is -2.35. The largest absolute Gasteiger partial charge is 0.459 e. The lowest BCUT2D eigenvalue weighted by molar-refractivity contribution is 0.0714. The highest BCUT2D eigenvalue weighted by Crippen LogP contribution is 2.20. The first kappa shape index (κ1) is 14.5. The molecule has 3 rings (SSSR count). The van der Waals surface area contributed by atoms with E-state index in [0.29, 0.717) is 49.3 Å². The highest BCUT2D eigenvalue weighted by Gasteiger charge is 2.26. The molecule has 1 aliphatic heterocycles. The van der Waals surface area contributed by atoms with Crippen LogP contribution in [-0.4, -0.2) is 47.0 Å². The molecule has 6 nitrogen and oxygen atoms in total. The SMILES string of the molecule is Cc1nc(C)c(F)c(N2CCN(C(=O)c3ccco3)CC2)n1. The Kier molecular flexibility index (Phi) is 3.79. The van der Waals surface area contributed by atoms with Gasteiger partial charge in [0.1, 0.15) is 5.82 Å². The second kappa shape index (κ2) is 5.75. The lowest BCUT2D eigenvalue weighted by atomic mass is 10.2. The van der Waals surface area contributed by atoms with Crippen molar-refractivity contribution in [2.45, 2.75) is 13.8 Å². The third kappa shape index (κ3) is 2.66. The second-order valence-electron chi connectivity index (χ2n) is 5.25. The van der Waals surface area contributed by atoms with Crippen molar-refractivity contribution in [3.05, 3.63) is 41.5 Å². The third-order valence-corrected chi connectivity index (χ3v) is 3.71. The first-order valence-corrected chi connectivity index (χ1v) is 7.14. The Bertz CT molecular complexity index is 679. The molecule has 3 heterocycles. The minimum Gasteiger partial charge on any atom is -0.459 e. The summed E-state index contributed by atoms with van der Waals surface area (Å²) in [7, 11) is 0. The van der Waals surface area contributed by atoms with Crippen molar-refractivity contribution in [2.75, 3.05) is 31.1 Å². The average molecular weight is 304 g/mol. The average Bonchev–Trinajstić information content (AvgIpc) is 3.05. The van der Waals surface area contributed by atoms with Gasteiger partial charge in [0.2, 0.25) is 0 Å². The number of piperazine rings is 1. The Balaban J connectivity index is 1.71. The summed E-state index contributed by atoms with van der Waals surface area (Å²) in [6.07, 6.45) is 1.48. The number of rotatable bonds is 2. The van der Waals surface area contributed by atoms with Crippen LogP contribution in [-0.2, 0) is 0 Å². The first-order chi connectivity index (χ1) is 10.6. The van der Waals surface area contributed by atoms with E-state index in [0.717, 1.165) is 0 Å². The van der Waals surface area contributed by atoms with Gasteiger partial charge in [0.15, 0.2) is 17.4 Å². The van der Waals surface area contributed by atoms with Crippen molar-refractivity contribution in [1.82, 2.24) is 14.9 Å². The van der Waals surface area contributed by atoms with Crippen LogP contribution in [0, 0.1) is 19.7 Å². The van der Waals surface area contributed by atoms with E-state index in [4.69, 9.17) is 4.42 Å². The third-order valence-electron chi connectivity index (χ3n) is 3.71. The molecular weight excluding hydrogens is 287 g/mol. The maximum Gasteiger partial charge on any atom is 0.289 e. The summed E-state index contributed by atoms with van der Waals surface area (Å²) < 4.78 is 19.3. The Labute approximate surface area is 127 Å². The first-order valence-electron chi connectivity index (χ1n) is 7.14. The van der Waals surface area contributed by atoms with Gasteiger partial charge in [-0.2, -0.15) is 0 Å². The van der Waals surface area contributed by atoms with Crippen molar-refractivity contribution < 1.29 is 13.6 Å². The molecule has 1 saturated heterocycles. The van der Waals surface area contributed by atoms with Crippen molar-refractivity contribution >= 4 is 11.7 Å². The van der Waals surface area contributed by atoms with Gasteiger partial charge in [0.05, 0.1) is 12.0 Å². The molecule has 22 heavy (non-hydrogen) atoms. The van der Waals surface area contributed by atoms with E-state index in [1.54, 1.807) is 30.9 Å². The number of hydrogen-bond acceptors (Lipinski definition) is 5. The standard InChI is InChI=1S/C15H17FN4O2/c1-10-13(16)14(18-11(2)17-10)19-5-7-20(8-6-19)15(21)12-4-3-9-22-12/h3-4,9H,5-8H2,1-2H3. The number of furan rings is 1. The fourth-order valence-corrected chi connectivity index (χ4v) is 2.57. The van der Waals surface area contributed by atoms with Gasteiger partial charge in [-0.1, -0.05) is 0 Å². The van der Waals surface area contributed by atoms with Crippen molar-refractivity contribution in [2.24, 2.45) is 0 Å². The number of aromatic nitrogens is 2. The monoisotopic (exact) mass is 304 g/mol. The molecule has 0 aromatic carbocycles. The van der Waals surface area contributed by atoms with Crippen LogP contribution >= 0.6 is 0 Å². The number of aryl methyl sites for hydroxylation is 2. The lowest BCUT2D eigenvalue weighted by Crippen LogP contribution is -2.49. The van der Waals surface area contributed by atoms with E-state index < -0.39 is 5.82 Å². The zero-order chi connectivity index (χ0) is 15.7. The zero-order valence-electron chi connectivity index (χ0n) is 12.5. The topological polar surface area (TPSA) is 62.5 Å². The van der Waals surface area contributed by atoms with Crippen LogP contribution in [0.25, 0.3) is 0 Å². The number of nitrogens with zero attached hydrogens (tertiary/aromatic N) is 4. The van der Waals surface area contributed by atoms with E-state index in [2.05, 4.69) is 9.97 Å². The van der Waals surface area contributed by atoms with Gasteiger partial charge in [-0.05, 0) is 26.0 Å². The van der Waals surface area contributed by atoms with Gasteiger partial charge in [0.25, 0.3) is 5.91 Å². The Morgan fingerprint density at radius 2 is 1.95 bits per heavy atom. The van der Waals surface area contributed by atoms with Gasteiger partial charge in [-0.15, -0.1) is 0 Å². The predicted octanol–water partition coefficient (Wildman–Crippen LogP) is 1.79. The quantitative estimate of drug-likeness (QED) is 0.846. The van der Waals surface area contributed by atoms with Gasteiger partial charge in [0, 0.05) is 26.2 Å². The Morgan fingerprint density at radius 1 is 1.23 bits per heavy atom.